The molecular formula is C22H23N3O. The molecule has 0 saturated carbocycles. The molecule has 1 aromatic heterocycles. The van der Waals surface area contributed by atoms with E-state index in [1.54, 1.807) is 0 Å². The summed E-state index contributed by atoms with van der Waals surface area (Å²) in [6.07, 6.45) is 7.14. The smallest absolute Gasteiger partial charge is 0.227 e. The van der Waals surface area contributed by atoms with Crippen molar-refractivity contribution in [3.8, 4) is 5.69 Å². The molecule has 26 heavy (non-hydrogen) atoms. The summed E-state index contributed by atoms with van der Waals surface area (Å²) >= 11 is 0. The number of hydrogen-bond donors (Lipinski definition) is 0. The highest BCUT2D eigenvalue weighted by Gasteiger charge is 2.27. The van der Waals surface area contributed by atoms with Crippen molar-refractivity contribution in [3.05, 3.63) is 78.1 Å². The van der Waals surface area contributed by atoms with Gasteiger partial charge in [-0.15, -0.1) is 0 Å². The Morgan fingerprint density at radius 1 is 1.12 bits per heavy atom. The van der Waals surface area contributed by atoms with Crippen LogP contribution in [0.2, 0.25) is 0 Å². The van der Waals surface area contributed by atoms with E-state index >= 15 is 0 Å². The number of anilines is 1. The zero-order valence-electron chi connectivity index (χ0n) is 15.0. The van der Waals surface area contributed by atoms with Crippen LogP contribution in [0, 0.1) is 0 Å². The van der Waals surface area contributed by atoms with Gasteiger partial charge in [0.15, 0.2) is 0 Å². The zero-order valence-corrected chi connectivity index (χ0v) is 15.0. The van der Waals surface area contributed by atoms with Crippen LogP contribution in [-0.2, 0) is 17.6 Å². The lowest BCUT2D eigenvalue weighted by Crippen LogP contribution is -2.42. The second-order valence-corrected chi connectivity index (χ2v) is 6.91. The number of para-hydroxylation sites is 2. The molecule has 1 amide bonds. The number of fused-ring (bicyclic) bond motifs is 1. The number of carbonyl (C=O) groups excluding carboxylic acids is 1. The van der Waals surface area contributed by atoms with Crippen LogP contribution in [0.4, 0.5) is 5.69 Å². The molecule has 0 fully saturated rings. The fourth-order valence-electron chi connectivity index (χ4n) is 3.65. The van der Waals surface area contributed by atoms with Gasteiger partial charge in [-0.25, -0.2) is 4.68 Å². The van der Waals surface area contributed by atoms with Crippen LogP contribution >= 0.6 is 0 Å². The molecule has 1 aliphatic heterocycles. The largest absolute Gasteiger partial charge is 0.309 e. The average Bonchev–Trinajstić information content (AvgIpc) is 3.16. The third kappa shape index (κ3) is 3.27. The average molecular weight is 345 g/mol. The number of benzene rings is 2. The molecular weight excluding hydrogens is 322 g/mol. The van der Waals surface area contributed by atoms with Crippen molar-refractivity contribution in [2.45, 2.75) is 38.6 Å². The zero-order chi connectivity index (χ0) is 17.9. The number of rotatable bonds is 4. The highest BCUT2D eigenvalue weighted by molar-refractivity contribution is 5.95. The number of aryl methyl sites for hydroxylation is 2. The molecule has 0 radical (unpaired) electrons. The van der Waals surface area contributed by atoms with Crippen molar-refractivity contribution in [2.24, 2.45) is 0 Å². The second kappa shape index (κ2) is 7.16. The summed E-state index contributed by atoms with van der Waals surface area (Å²) in [5.74, 6) is 0.192. The molecule has 0 N–H and O–H groups in total. The summed E-state index contributed by atoms with van der Waals surface area (Å²) < 4.78 is 1.86. The Kier molecular flexibility index (Phi) is 4.57. The van der Waals surface area contributed by atoms with Crippen molar-refractivity contribution in [2.75, 3.05) is 4.90 Å². The van der Waals surface area contributed by atoms with Crippen molar-refractivity contribution < 1.29 is 4.79 Å². The molecule has 0 aliphatic carbocycles. The minimum Gasteiger partial charge on any atom is -0.309 e. The maximum Gasteiger partial charge on any atom is 0.227 e. The molecule has 3 aromatic rings. The molecule has 4 rings (SSSR count). The summed E-state index contributed by atoms with van der Waals surface area (Å²) in [7, 11) is 0. The number of nitrogens with zero attached hydrogens (tertiary/aromatic N) is 3. The predicted molar refractivity (Wildman–Crippen MR) is 104 cm³/mol. The monoisotopic (exact) mass is 345 g/mol. The van der Waals surface area contributed by atoms with Crippen molar-refractivity contribution in [1.29, 1.82) is 0 Å². The van der Waals surface area contributed by atoms with E-state index in [0.717, 1.165) is 29.8 Å². The maximum atomic E-state index is 12.9. The van der Waals surface area contributed by atoms with Crippen LogP contribution in [0.25, 0.3) is 5.69 Å². The molecule has 1 aliphatic rings. The van der Waals surface area contributed by atoms with Gasteiger partial charge in [-0.05, 0) is 55.5 Å². The van der Waals surface area contributed by atoms with Gasteiger partial charge in [-0.1, -0.05) is 36.4 Å². The highest BCUT2D eigenvalue weighted by atomic mass is 16.2. The summed E-state index contributed by atoms with van der Waals surface area (Å²) in [4.78, 5) is 14.9. The molecule has 1 unspecified atom stereocenters. The lowest BCUT2D eigenvalue weighted by molar-refractivity contribution is -0.119. The second-order valence-electron chi connectivity index (χ2n) is 6.91. The van der Waals surface area contributed by atoms with Crippen LogP contribution in [0.5, 0.6) is 0 Å². The third-order valence-electron chi connectivity index (χ3n) is 5.08. The first-order valence-corrected chi connectivity index (χ1v) is 9.21. The summed E-state index contributed by atoms with van der Waals surface area (Å²) in [6.45, 7) is 2.14. The molecule has 0 bridgehead atoms. The van der Waals surface area contributed by atoms with Crippen molar-refractivity contribution in [1.82, 2.24) is 9.78 Å². The van der Waals surface area contributed by atoms with E-state index in [-0.39, 0.29) is 11.9 Å². The van der Waals surface area contributed by atoms with E-state index in [4.69, 9.17) is 0 Å². The van der Waals surface area contributed by atoms with E-state index < -0.39 is 0 Å². The van der Waals surface area contributed by atoms with Gasteiger partial charge < -0.3 is 4.90 Å². The van der Waals surface area contributed by atoms with Crippen molar-refractivity contribution in [3.63, 3.8) is 0 Å². The standard InChI is InChI=1S/C22H23N3O/c1-17-11-13-19-7-5-6-10-21(19)25(17)22(26)14-12-18-15-23-24(16-18)20-8-3-2-4-9-20/h2-10,15-17H,11-14H2,1H3. The fraction of sp³-hybridized carbons (Fsp3) is 0.273. The third-order valence-corrected chi connectivity index (χ3v) is 5.08. The first-order chi connectivity index (χ1) is 12.7. The quantitative estimate of drug-likeness (QED) is 0.712. The van der Waals surface area contributed by atoms with Gasteiger partial charge in [-0.3, -0.25) is 4.79 Å². The predicted octanol–water partition coefficient (Wildman–Crippen LogP) is 4.17. The lowest BCUT2D eigenvalue weighted by Gasteiger charge is -2.35. The van der Waals surface area contributed by atoms with Crippen LogP contribution in [0.15, 0.2) is 67.0 Å². The number of hydrogen-bond acceptors (Lipinski definition) is 2. The Morgan fingerprint density at radius 3 is 2.73 bits per heavy atom. The normalized spacial score (nSPS) is 16.3. The Hall–Kier alpha value is -2.88. The van der Waals surface area contributed by atoms with E-state index in [0.29, 0.717) is 12.8 Å². The van der Waals surface area contributed by atoms with Gasteiger partial charge in [0.2, 0.25) is 5.91 Å². The Morgan fingerprint density at radius 2 is 1.88 bits per heavy atom. The minimum atomic E-state index is 0.192. The van der Waals surface area contributed by atoms with E-state index in [9.17, 15) is 4.79 Å². The molecule has 4 nitrogen and oxygen atoms in total. The lowest BCUT2D eigenvalue weighted by atomic mass is 9.96. The molecule has 2 heterocycles. The molecule has 0 spiro atoms. The van der Waals surface area contributed by atoms with Crippen LogP contribution in [-0.4, -0.2) is 21.7 Å². The van der Waals surface area contributed by atoms with Gasteiger partial charge in [-0.2, -0.15) is 5.10 Å². The number of amides is 1. The molecule has 1 atom stereocenters. The highest BCUT2D eigenvalue weighted by Crippen LogP contribution is 2.31. The van der Waals surface area contributed by atoms with Gasteiger partial charge >= 0.3 is 0 Å². The molecule has 0 saturated heterocycles. The summed E-state index contributed by atoms with van der Waals surface area (Å²) in [6, 6.07) is 18.5. The summed E-state index contributed by atoms with van der Waals surface area (Å²) in [5.41, 5.74) is 4.47. The first-order valence-electron chi connectivity index (χ1n) is 9.21. The van der Waals surface area contributed by atoms with Gasteiger partial charge in [0.05, 0.1) is 11.9 Å². The maximum absolute atomic E-state index is 12.9. The van der Waals surface area contributed by atoms with Gasteiger partial charge in [0.1, 0.15) is 0 Å². The van der Waals surface area contributed by atoms with Crippen molar-refractivity contribution >= 4 is 11.6 Å². The molecule has 4 heteroatoms. The first kappa shape index (κ1) is 16.6. The van der Waals surface area contributed by atoms with Gasteiger partial charge in [0.25, 0.3) is 0 Å². The van der Waals surface area contributed by atoms with E-state index in [2.05, 4.69) is 30.2 Å². The Bertz CT molecular complexity index is 901. The van der Waals surface area contributed by atoms with Crippen LogP contribution in [0.3, 0.4) is 0 Å². The summed E-state index contributed by atoms with van der Waals surface area (Å²) in [5, 5.41) is 4.42. The van der Waals surface area contributed by atoms with Gasteiger partial charge in [0, 0.05) is 24.3 Å². The SMILES string of the molecule is CC1CCc2ccccc2N1C(=O)CCc1cnn(-c2ccccc2)c1. The fourth-order valence-corrected chi connectivity index (χ4v) is 3.65. The van der Waals surface area contributed by atoms with Crippen LogP contribution < -0.4 is 4.90 Å². The Labute approximate surface area is 154 Å². The van der Waals surface area contributed by atoms with E-state index in [1.165, 1.54) is 5.56 Å². The van der Waals surface area contributed by atoms with E-state index in [1.807, 2.05) is 58.4 Å². The molecule has 132 valence electrons. The Balaban J connectivity index is 1.46. The van der Waals surface area contributed by atoms with Crippen LogP contribution in [0.1, 0.15) is 30.9 Å². The topological polar surface area (TPSA) is 38.1 Å². The number of carbonyl (C=O) groups is 1. The molecule has 2 aromatic carbocycles. The number of aromatic nitrogens is 2. The minimum absolute atomic E-state index is 0.192.